The molecule has 31 heavy (non-hydrogen) atoms. The topological polar surface area (TPSA) is 60.4 Å². The van der Waals surface area contributed by atoms with Crippen LogP contribution in [0.4, 0.5) is 0 Å². The highest BCUT2D eigenvalue weighted by atomic mass is 16.5. The van der Waals surface area contributed by atoms with Crippen LogP contribution in [0.25, 0.3) is 0 Å². The molecule has 0 radical (unpaired) electrons. The zero-order valence-corrected chi connectivity index (χ0v) is 19.3. The van der Waals surface area contributed by atoms with Gasteiger partial charge >= 0.3 is 5.97 Å². The third-order valence-corrected chi connectivity index (χ3v) is 9.19. The van der Waals surface area contributed by atoms with Crippen molar-refractivity contribution in [1.29, 1.82) is 0 Å². The van der Waals surface area contributed by atoms with Crippen LogP contribution in [0.5, 0.6) is 0 Å². The SMILES string of the molecule is CC(C)COC(=O)[C@@H]1CC2=CC(=O)CCC2(C)C2=C1C1=CC[C@@]3(C)CCC(=O)C13CC2. The Hall–Kier alpha value is -1.97. The smallest absolute Gasteiger partial charge is 0.313 e. The first-order valence-corrected chi connectivity index (χ1v) is 12.0. The molecule has 0 saturated heterocycles. The lowest BCUT2D eigenvalue weighted by Crippen LogP contribution is -2.46. The van der Waals surface area contributed by atoms with Gasteiger partial charge in [0.2, 0.25) is 0 Å². The predicted molar refractivity (Wildman–Crippen MR) is 118 cm³/mol. The van der Waals surface area contributed by atoms with Gasteiger partial charge in [0.1, 0.15) is 5.78 Å². The summed E-state index contributed by atoms with van der Waals surface area (Å²) < 4.78 is 5.74. The van der Waals surface area contributed by atoms with Crippen molar-refractivity contribution in [2.24, 2.45) is 28.1 Å². The highest BCUT2D eigenvalue weighted by Gasteiger charge is 2.65. The van der Waals surface area contributed by atoms with Crippen molar-refractivity contribution in [3.63, 3.8) is 0 Å². The number of allylic oxidation sites excluding steroid dienone is 5. The van der Waals surface area contributed by atoms with Crippen molar-refractivity contribution in [2.75, 3.05) is 6.61 Å². The van der Waals surface area contributed by atoms with E-state index in [9.17, 15) is 14.4 Å². The van der Waals surface area contributed by atoms with Crippen LogP contribution in [0.1, 0.15) is 79.1 Å². The average Bonchev–Trinajstić information content (AvgIpc) is 3.16. The molecule has 0 N–H and O–H groups in total. The van der Waals surface area contributed by atoms with Crippen molar-refractivity contribution in [1.82, 2.24) is 0 Å². The Morgan fingerprint density at radius 3 is 2.65 bits per heavy atom. The van der Waals surface area contributed by atoms with Gasteiger partial charge in [0.05, 0.1) is 17.9 Å². The summed E-state index contributed by atoms with van der Waals surface area (Å²) in [6, 6.07) is 0. The van der Waals surface area contributed by atoms with Crippen LogP contribution < -0.4 is 0 Å². The second kappa shape index (κ2) is 6.76. The van der Waals surface area contributed by atoms with Gasteiger partial charge in [-0.15, -0.1) is 0 Å². The lowest BCUT2D eigenvalue weighted by Gasteiger charge is -2.52. The third-order valence-electron chi connectivity index (χ3n) is 9.19. The van der Waals surface area contributed by atoms with Gasteiger partial charge in [0.25, 0.3) is 0 Å². The largest absolute Gasteiger partial charge is 0.465 e. The monoisotopic (exact) mass is 422 g/mol. The Morgan fingerprint density at radius 2 is 1.90 bits per heavy atom. The fourth-order valence-corrected chi connectivity index (χ4v) is 7.36. The average molecular weight is 423 g/mol. The summed E-state index contributed by atoms with van der Waals surface area (Å²) in [5.41, 5.74) is 4.00. The summed E-state index contributed by atoms with van der Waals surface area (Å²) in [7, 11) is 0. The van der Waals surface area contributed by atoms with Gasteiger partial charge in [0, 0.05) is 18.3 Å². The zero-order valence-electron chi connectivity index (χ0n) is 19.3. The van der Waals surface area contributed by atoms with E-state index in [0.717, 1.165) is 48.8 Å². The van der Waals surface area contributed by atoms with E-state index in [-0.39, 0.29) is 28.5 Å². The van der Waals surface area contributed by atoms with E-state index in [1.54, 1.807) is 6.08 Å². The van der Waals surface area contributed by atoms with Crippen molar-refractivity contribution in [3.05, 3.63) is 34.4 Å². The van der Waals surface area contributed by atoms with E-state index in [1.165, 1.54) is 5.57 Å². The second-order valence-corrected chi connectivity index (χ2v) is 11.4. The van der Waals surface area contributed by atoms with Gasteiger partial charge < -0.3 is 4.74 Å². The molecule has 0 aromatic rings. The highest BCUT2D eigenvalue weighted by molar-refractivity contribution is 5.96. The number of ether oxygens (including phenoxy) is 1. The first-order chi connectivity index (χ1) is 14.6. The minimum absolute atomic E-state index is 0.0239. The van der Waals surface area contributed by atoms with Crippen molar-refractivity contribution < 1.29 is 19.1 Å². The standard InChI is InChI=1S/C27H34O4/c1-16(2)15-31-24(30)19-14-17-13-18(28)5-11-26(17,4)20-7-12-27-21(23(19)20)6-9-25(27,3)10-8-22(27)29/h6,13,16,19H,5,7-12,14-15H2,1-4H3/t19-,25+,26?,27?/m1/s1. The molecule has 5 aliphatic rings. The van der Waals surface area contributed by atoms with Gasteiger partial charge in [0.15, 0.2) is 5.78 Å². The molecule has 5 aliphatic carbocycles. The number of hydrogen-bond donors (Lipinski definition) is 0. The Balaban J connectivity index is 1.66. The van der Waals surface area contributed by atoms with Crippen molar-refractivity contribution in [3.8, 4) is 0 Å². The Bertz CT molecular complexity index is 979. The van der Waals surface area contributed by atoms with Crippen LogP contribution in [-0.2, 0) is 19.1 Å². The molecule has 4 heteroatoms. The van der Waals surface area contributed by atoms with Gasteiger partial charge in [-0.1, -0.05) is 44.9 Å². The summed E-state index contributed by atoms with van der Waals surface area (Å²) >= 11 is 0. The molecule has 0 amide bonds. The number of rotatable bonds is 3. The number of carbonyl (C=O) groups is 3. The predicted octanol–water partition coefficient (Wildman–Crippen LogP) is 5.28. The Kier molecular flexibility index (Phi) is 4.56. The van der Waals surface area contributed by atoms with E-state index in [0.29, 0.717) is 31.7 Å². The molecule has 0 heterocycles. The number of ketones is 2. The van der Waals surface area contributed by atoms with E-state index in [4.69, 9.17) is 4.74 Å². The van der Waals surface area contributed by atoms with Crippen molar-refractivity contribution in [2.45, 2.75) is 79.1 Å². The van der Waals surface area contributed by atoms with E-state index in [1.807, 2.05) is 13.8 Å². The molecule has 166 valence electrons. The van der Waals surface area contributed by atoms with Crippen LogP contribution in [-0.4, -0.2) is 24.1 Å². The summed E-state index contributed by atoms with van der Waals surface area (Å²) in [6.07, 6.45) is 10.2. The number of Topliss-reactive ketones (excluding diaryl/α,β-unsaturated/α-hetero) is 1. The van der Waals surface area contributed by atoms with Gasteiger partial charge in [-0.05, 0) is 67.1 Å². The fraction of sp³-hybridized carbons (Fsp3) is 0.667. The first kappa shape index (κ1) is 20.9. The van der Waals surface area contributed by atoms with E-state index >= 15 is 0 Å². The quantitative estimate of drug-likeness (QED) is 0.581. The number of esters is 1. The summed E-state index contributed by atoms with van der Waals surface area (Å²) in [6.45, 7) is 8.99. The molecule has 0 bridgehead atoms. The van der Waals surface area contributed by atoms with Crippen LogP contribution in [0.15, 0.2) is 34.4 Å². The molecule has 4 atom stereocenters. The summed E-state index contributed by atoms with van der Waals surface area (Å²) in [5, 5.41) is 0. The molecule has 1 saturated carbocycles. The van der Waals surface area contributed by atoms with Crippen LogP contribution in [0.3, 0.4) is 0 Å². The molecule has 0 aromatic heterocycles. The molecule has 2 unspecified atom stereocenters. The molecule has 1 fully saturated rings. The molecule has 1 spiro atoms. The fourth-order valence-electron chi connectivity index (χ4n) is 7.36. The number of hydrogen-bond acceptors (Lipinski definition) is 4. The summed E-state index contributed by atoms with van der Waals surface area (Å²) in [5.74, 6) is 0.198. The van der Waals surface area contributed by atoms with E-state index < -0.39 is 11.3 Å². The maximum Gasteiger partial charge on any atom is 0.313 e. The summed E-state index contributed by atoms with van der Waals surface area (Å²) in [4.78, 5) is 39.0. The van der Waals surface area contributed by atoms with Crippen LogP contribution in [0.2, 0.25) is 0 Å². The molecule has 4 nitrogen and oxygen atoms in total. The van der Waals surface area contributed by atoms with Gasteiger partial charge in [-0.25, -0.2) is 0 Å². The highest BCUT2D eigenvalue weighted by Crippen LogP contribution is 2.70. The molecular formula is C27H34O4. The minimum Gasteiger partial charge on any atom is -0.465 e. The maximum absolute atomic E-state index is 13.4. The lowest BCUT2D eigenvalue weighted by molar-refractivity contribution is -0.148. The van der Waals surface area contributed by atoms with Crippen LogP contribution >= 0.6 is 0 Å². The first-order valence-electron chi connectivity index (χ1n) is 12.0. The number of carbonyl (C=O) groups excluding carboxylic acids is 3. The van der Waals surface area contributed by atoms with Gasteiger partial charge in [-0.2, -0.15) is 0 Å². The van der Waals surface area contributed by atoms with Crippen LogP contribution in [0, 0.1) is 28.1 Å². The van der Waals surface area contributed by atoms with Crippen molar-refractivity contribution >= 4 is 17.5 Å². The number of fused-ring (bicyclic) bond motifs is 3. The van der Waals surface area contributed by atoms with E-state index in [2.05, 4.69) is 19.9 Å². The molecule has 5 rings (SSSR count). The maximum atomic E-state index is 13.4. The molecule has 0 aliphatic heterocycles. The zero-order chi connectivity index (χ0) is 22.2. The van der Waals surface area contributed by atoms with Gasteiger partial charge in [-0.3, -0.25) is 14.4 Å². The normalized spacial score (nSPS) is 38.9. The molecule has 0 aromatic carbocycles. The Labute approximate surface area is 185 Å². The minimum atomic E-state index is -0.426. The molecular weight excluding hydrogens is 388 g/mol. The second-order valence-electron chi connectivity index (χ2n) is 11.4. The lowest BCUT2D eigenvalue weighted by atomic mass is 9.50. The third kappa shape index (κ3) is 2.69. The Morgan fingerprint density at radius 1 is 1.13 bits per heavy atom.